The Morgan fingerprint density at radius 2 is 2.00 bits per heavy atom. The van der Waals surface area contributed by atoms with Crippen LogP contribution in [0.15, 0.2) is 77.4 Å². The van der Waals surface area contributed by atoms with Crippen LogP contribution in [0.4, 0.5) is 10.5 Å². The molecule has 4 aliphatic rings. The quantitative estimate of drug-likeness (QED) is 0.291. The number of hydrogen-bond acceptors (Lipinski definition) is 7. The van der Waals surface area contributed by atoms with E-state index in [0.29, 0.717) is 42.6 Å². The Kier molecular flexibility index (Phi) is 10.2. The molecular weight excluding hydrogens is 674 g/mol. The minimum absolute atomic E-state index is 0.0155. The van der Waals surface area contributed by atoms with Crippen LogP contribution in [-0.4, -0.2) is 59.8 Å². The summed E-state index contributed by atoms with van der Waals surface area (Å²) in [4.78, 5) is 33.2. The fourth-order valence-corrected chi connectivity index (χ4v) is 9.70. The number of pyridine rings is 1. The summed E-state index contributed by atoms with van der Waals surface area (Å²) in [6.07, 6.45) is 13.6. The number of rotatable bonds is 4. The summed E-state index contributed by atoms with van der Waals surface area (Å²) >= 11 is 6.45. The average molecular weight is 718 g/mol. The van der Waals surface area contributed by atoms with Gasteiger partial charge in [0.05, 0.1) is 24.2 Å². The summed E-state index contributed by atoms with van der Waals surface area (Å²) in [5, 5.41) is 3.46. The van der Waals surface area contributed by atoms with E-state index in [1.807, 2.05) is 18.2 Å². The van der Waals surface area contributed by atoms with Crippen molar-refractivity contribution in [3.05, 3.63) is 100 Å². The van der Waals surface area contributed by atoms with Crippen LogP contribution in [0.5, 0.6) is 5.75 Å². The van der Waals surface area contributed by atoms with Gasteiger partial charge in [0.2, 0.25) is 0 Å². The predicted molar refractivity (Wildman–Crippen MR) is 195 cm³/mol. The van der Waals surface area contributed by atoms with Gasteiger partial charge < -0.3 is 19.7 Å². The van der Waals surface area contributed by atoms with Gasteiger partial charge in [0, 0.05) is 55.1 Å². The Morgan fingerprint density at radius 3 is 2.80 bits per heavy atom. The number of amides is 3. The first-order valence-electron chi connectivity index (χ1n) is 17.5. The monoisotopic (exact) mass is 717 g/mol. The van der Waals surface area contributed by atoms with E-state index in [1.165, 1.54) is 11.1 Å². The second-order valence-corrected chi connectivity index (χ2v) is 16.5. The van der Waals surface area contributed by atoms with Crippen molar-refractivity contribution < 1.29 is 23.3 Å². The van der Waals surface area contributed by atoms with Gasteiger partial charge in [-0.25, -0.2) is 9.00 Å². The number of aryl methyl sites for hydroxylation is 1. The van der Waals surface area contributed by atoms with Crippen LogP contribution in [0.3, 0.4) is 0 Å². The number of carbonyl (C=O) groups excluding carboxylic acids is 2. The zero-order valence-corrected chi connectivity index (χ0v) is 29.9. The number of urea groups is 1. The molecule has 3 amide bonds. The number of hydrogen-bond donors (Lipinski definition) is 2. The summed E-state index contributed by atoms with van der Waals surface area (Å²) < 4.78 is 33.6. The molecule has 1 saturated carbocycles. The highest BCUT2D eigenvalue weighted by Crippen LogP contribution is 2.47. The number of benzene rings is 2. The number of nitrogens with zero attached hydrogens (tertiary/aromatic N) is 3. The second kappa shape index (κ2) is 14.7. The summed E-state index contributed by atoms with van der Waals surface area (Å²) in [7, 11) is -1.71. The molecule has 7 rings (SSSR count). The lowest BCUT2D eigenvalue weighted by Gasteiger charge is -2.46. The van der Waals surface area contributed by atoms with Crippen LogP contribution in [0.1, 0.15) is 65.6 Å². The number of ether oxygens (including phenoxy) is 2. The minimum atomic E-state index is -3.47. The molecule has 3 heterocycles. The molecule has 12 heteroatoms. The molecule has 2 aliphatic carbocycles. The number of halogens is 1. The topological polar surface area (TPSA) is 122 Å². The van der Waals surface area contributed by atoms with E-state index in [0.717, 1.165) is 61.5 Å². The Labute approximate surface area is 299 Å². The molecule has 0 saturated heterocycles. The molecule has 50 heavy (non-hydrogen) atoms. The van der Waals surface area contributed by atoms with Crippen molar-refractivity contribution in [2.75, 3.05) is 37.5 Å². The maximum atomic E-state index is 14.2. The lowest BCUT2D eigenvalue weighted by molar-refractivity contribution is 0.0132. The summed E-state index contributed by atoms with van der Waals surface area (Å²) in [6, 6.07) is 14.4. The average Bonchev–Trinajstić information content (AvgIpc) is 3.25. The van der Waals surface area contributed by atoms with Gasteiger partial charge in [-0.3, -0.25) is 14.5 Å². The van der Waals surface area contributed by atoms with Gasteiger partial charge in [-0.1, -0.05) is 29.8 Å². The Morgan fingerprint density at radius 1 is 1.14 bits per heavy atom. The fourth-order valence-electron chi connectivity index (χ4n) is 7.98. The second-order valence-electron chi connectivity index (χ2n) is 13.9. The highest BCUT2D eigenvalue weighted by Gasteiger charge is 2.44. The van der Waals surface area contributed by atoms with Crippen LogP contribution in [0, 0.1) is 11.8 Å². The molecule has 264 valence electrons. The van der Waals surface area contributed by atoms with Crippen molar-refractivity contribution in [2.45, 2.75) is 63.0 Å². The Balaban J connectivity index is 1.24. The van der Waals surface area contributed by atoms with E-state index in [2.05, 4.69) is 48.6 Å². The van der Waals surface area contributed by atoms with Crippen molar-refractivity contribution in [1.82, 2.24) is 15.0 Å². The van der Waals surface area contributed by atoms with E-state index >= 15 is 0 Å². The van der Waals surface area contributed by atoms with Gasteiger partial charge in [0.25, 0.3) is 5.91 Å². The number of anilines is 1. The van der Waals surface area contributed by atoms with Crippen molar-refractivity contribution >= 4 is 39.1 Å². The highest BCUT2D eigenvalue weighted by atomic mass is 35.5. The molecular formula is C38H44ClN5O5S. The van der Waals surface area contributed by atoms with Crippen LogP contribution < -0.4 is 19.7 Å². The Hall–Kier alpha value is -3.93. The normalized spacial score (nSPS) is 28.5. The number of allylic oxidation sites excluding steroid dienone is 1. The number of carbonyl (C=O) groups is 2. The number of nitrogens with one attached hydrogen (secondary N) is 2. The highest BCUT2D eigenvalue weighted by molar-refractivity contribution is 7.92. The molecule has 5 atom stereocenters. The molecule has 10 nitrogen and oxygen atoms in total. The number of methoxy groups -OCH3 is 1. The number of fused-ring (bicyclic) bond motifs is 4. The van der Waals surface area contributed by atoms with E-state index in [1.54, 1.807) is 37.7 Å². The minimum Gasteiger partial charge on any atom is -0.490 e. The predicted octanol–water partition coefficient (Wildman–Crippen LogP) is 6.62. The molecule has 2 bridgehead atoms. The molecule has 2 N–H and O–H groups in total. The molecule has 2 aromatic carbocycles. The first kappa shape index (κ1) is 34.5. The van der Waals surface area contributed by atoms with Crippen molar-refractivity contribution in [1.29, 1.82) is 0 Å². The fraction of sp³-hybridized carbons (Fsp3) is 0.447. The molecule has 2 aliphatic heterocycles. The van der Waals surface area contributed by atoms with Gasteiger partial charge in [-0.15, -0.1) is 4.36 Å². The van der Waals surface area contributed by atoms with E-state index < -0.39 is 21.9 Å². The standard InChI is InChI=1S/C38H44ClN5O5S/c1-48-34-7-3-2-4-19-50(47,43-37(46)41-22-26-14-17-40-18-15-26)42-36(45)28-9-13-35-33(21-28)44(23-29-8-11-31(29)34)24-38(25-49-35)16-5-6-27-20-30(39)10-12-32(27)38/h3,7,9-10,12-15,17-18,20-21,29,31,34H,2,4-6,8,11,16,19,22-25H2,1H3,(H2,41,42,43,45,46,47)/b7-3+/t29-,31+,34-,38-,50-/m0/s1. The van der Waals surface area contributed by atoms with Crippen molar-refractivity contribution in [2.24, 2.45) is 16.2 Å². The Bertz CT molecular complexity index is 1900. The zero-order chi connectivity index (χ0) is 34.7. The van der Waals surface area contributed by atoms with Gasteiger partial charge in [0.1, 0.15) is 15.7 Å². The summed E-state index contributed by atoms with van der Waals surface area (Å²) in [5.41, 5.74) is 4.23. The molecule has 0 unspecified atom stereocenters. The third-order valence-corrected chi connectivity index (χ3v) is 12.8. The van der Waals surface area contributed by atoms with E-state index in [4.69, 9.17) is 21.1 Å². The van der Waals surface area contributed by atoms with Crippen LogP contribution in [-0.2, 0) is 33.0 Å². The first-order valence-corrected chi connectivity index (χ1v) is 19.5. The van der Waals surface area contributed by atoms with Crippen molar-refractivity contribution in [3.8, 4) is 5.75 Å². The smallest absolute Gasteiger partial charge is 0.327 e. The lowest BCUT2D eigenvalue weighted by atomic mass is 9.68. The van der Waals surface area contributed by atoms with Gasteiger partial charge in [-0.05, 0) is 116 Å². The van der Waals surface area contributed by atoms with Gasteiger partial charge in [0.15, 0.2) is 0 Å². The largest absolute Gasteiger partial charge is 0.490 e. The first-order chi connectivity index (χ1) is 24.2. The maximum Gasteiger partial charge on any atom is 0.327 e. The summed E-state index contributed by atoms with van der Waals surface area (Å²) in [5.74, 6) is 0.814. The van der Waals surface area contributed by atoms with Gasteiger partial charge in [-0.2, -0.15) is 0 Å². The van der Waals surface area contributed by atoms with Crippen LogP contribution in [0.25, 0.3) is 0 Å². The molecule has 1 spiro atoms. The van der Waals surface area contributed by atoms with E-state index in [9.17, 15) is 13.8 Å². The maximum absolute atomic E-state index is 14.2. The number of aromatic nitrogens is 1. The van der Waals surface area contributed by atoms with Crippen molar-refractivity contribution in [3.63, 3.8) is 0 Å². The SMILES string of the molecule is CO[C@H]1/C=C/CCC[S@@](=O)(NC(=O)NCc2ccncc2)=NC(=O)c2ccc3c(c2)N(C[C@@H]2CC[C@H]21)C[C@@]1(CCCc2cc(Cl)ccc21)CO3. The third-order valence-electron chi connectivity index (χ3n) is 10.7. The summed E-state index contributed by atoms with van der Waals surface area (Å²) in [6.45, 7) is 2.22. The molecule has 0 radical (unpaired) electrons. The van der Waals surface area contributed by atoms with Gasteiger partial charge >= 0.3 is 6.03 Å². The molecule has 3 aromatic rings. The van der Waals surface area contributed by atoms with E-state index in [-0.39, 0.29) is 23.8 Å². The lowest BCUT2D eigenvalue weighted by Crippen LogP contribution is -2.49. The molecule has 1 aromatic heterocycles. The molecule has 1 fully saturated rings. The zero-order valence-electron chi connectivity index (χ0n) is 28.3. The third kappa shape index (κ3) is 7.41. The van der Waals surface area contributed by atoms with Crippen LogP contribution >= 0.6 is 11.6 Å². The van der Waals surface area contributed by atoms with Crippen LogP contribution in [0.2, 0.25) is 5.02 Å².